The Morgan fingerprint density at radius 3 is 2.44 bits per heavy atom. The molecule has 2 heterocycles. The summed E-state index contributed by atoms with van der Waals surface area (Å²) in [6.45, 7) is 8.02. The van der Waals surface area contributed by atoms with Crippen LogP contribution in [0.2, 0.25) is 0 Å². The summed E-state index contributed by atoms with van der Waals surface area (Å²) in [7, 11) is 0. The fourth-order valence-electron chi connectivity index (χ4n) is 4.89. The fourth-order valence-corrected chi connectivity index (χ4v) is 5.75. The minimum atomic E-state index is -4.77. The molecule has 3 aromatic carbocycles. The summed E-state index contributed by atoms with van der Waals surface area (Å²) in [5, 5.41) is 7.74. The number of halogens is 3. The number of alkyl halides is 3. The van der Waals surface area contributed by atoms with Gasteiger partial charge in [0.15, 0.2) is 11.0 Å². The molecule has 1 unspecified atom stereocenters. The summed E-state index contributed by atoms with van der Waals surface area (Å²) < 4.78 is 42.7. The number of benzene rings is 3. The third-order valence-corrected chi connectivity index (χ3v) is 8.04. The van der Waals surface area contributed by atoms with Crippen molar-refractivity contribution in [2.45, 2.75) is 52.4 Å². The van der Waals surface area contributed by atoms with Gasteiger partial charge in [0, 0.05) is 5.56 Å². The minimum Gasteiger partial charge on any atom is -0.406 e. The molecular weight excluding hydrogens is 605 g/mol. The van der Waals surface area contributed by atoms with Crippen LogP contribution in [0.25, 0.3) is 17.1 Å². The molecule has 0 bridgehead atoms. The van der Waals surface area contributed by atoms with Crippen LogP contribution in [0.15, 0.2) is 78.0 Å². The Labute approximate surface area is 262 Å². The highest BCUT2D eigenvalue weighted by Crippen LogP contribution is 2.34. The number of nitrogens with one attached hydrogen (secondary N) is 1. The Hall–Kier alpha value is -4.65. The predicted molar refractivity (Wildman–Crippen MR) is 168 cm³/mol. The van der Waals surface area contributed by atoms with E-state index in [1.807, 2.05) is 56.3 Å². The van der Waals surface area contributed by atoms with E-state index in [0.717, 1.165) is 22.4 Å². The SMILES string of the molecule is CCC(NC(=O)N=C1SCC(=O)N1c1cc(C)ccc1C(C)C)c1ccc(-c2ncn(-c3ccc(OC(F)(F)F)cc3)n2)cc1. The van der Waals surface area contributed by atoms with Crippen molar-refractivity contribution in [1.29, 1.82) is 0 Å². The number of carbonyl (C=O) groups is 2. The molecule has 1 aliphatic rings. The van der Waals surface area contributed by atoms with E-state index in [1.54, 1.807) is 4.90 Å². The normalized spacial score (nSPS) is 15.2. The van der Waals surface area contributed by atoms with E-state index in [0.29, 0.717) is 28.7 Å². The van der Waals surface area contributed by atoms with Crippen molar-refractivity contribution in [1.82, 2.24) is 20.1 Å². The van der Waals surface area contributed by atoms with Crippen LogP contribution in [-0.4, -0.2) is 44.0 Å². The molecule has 1 fully saturated rings. The third kappa shape index (κ3) is 7.54. The van der Waals surface area contributed by atoms with Gasteiger partial charge >= 0.3 is 12.4 Å². The summed E-state index contributed by atoms with van der Waals surface area (Å²) in [5.41, 5.74) is 4.84. The van der Waals surface area contributed by atoms with E-state index < -0.39 is 12.4 Å². The molecule has 3 amide bonds. The zero-order valence-electron chi connectivity index (χ0n) is 25.0. The first-order chi connectivity index (χ1) is 21.4. The minimum absolute atomic E-state index is 0.120. The second-order valence-electron chi connectivity index (χ2n) is 10.7. The first-order valence-electron chi connectivity index (χ1n) is 14.3. The lowest BCUT2D eigenvalue weighted by atomic mass is 9.99. The van der Waals surface area contributed by atoms with Crippen molar-refractivity contribution < 1.29 is 27.5 Å². The molecule has 45 heavy (non-hydrogen) atoms. The van der Waals surface area contributed by atoms with Crippen LogP contribution < -0.4 is 15.0 Å². The van der Waals surface area contributed by atoms with Gasteiger partial charge in [-0.3, -0.25) is 9.69 Å². The number of amidine groups is 1. The maximum atomic E-state index is 13.1. The van der Waals surface area contributed by atoms with E-state index in [-0.39, 0.29) is 29.4 Å². The molecule has 0 radical (unpaired) electrons. The van der Waals surface area contributed by atoms with Crippen molar-refractivity contribution in [2.75, 3.05) is 10.7 Å². The molecule has 13 heteroatoms. The zero-order chi connectivity index (χ0) is 32.3. The molecule has 9 nitrogen and oxygen atoms in total. The number of aromatic nitrogens is 3. The van der Waals surface area contributed by atoms with Crippen LogP contribution >= 0.6 is 11.8 Å². The van der Waals surface area contributed by atoms with E-state index >= 15 is 0 Å². The summed E-state index contributed by atoms with van der Waals surface area (Å²) in [5.74, 6) is 0.354. The van der Waals surface area contributed by atoms with Gasteiger partial charge in [0.25, 0.3) is 0 Å². The molecule has 0 aliphatic carbocycles. The summed E-state index contributed by atoms with van der Waals surface area (Å²) in [4.78, 5) is 36.1. The number of carbonyl (C=O) groups excluding carboxylic acids is 2. The van der Waals surface area contributed by atoms with Crippen LogP contribution in [0.5, 0.6) is 5.75 Å². The molecule has 5 rings (SSSR count). The monoisotopic (exact) mass is 636 g/mol. The van der Waals surface area contributed by atoms with Crippen molar-refractivity contribution in [3.8, 4) is 22.8 Å². The van der Waals surface area contributed by atoms with Crippen molar-refractivity contribution in [3.05, 3.63) is 89.7 Å². The lowest BCUT2D eigenvalue weighted by molar-refractivity contribution is -0.274. The smallest absolute Gasteiger partial charge is 0.406 e. The molecule has 1 N–H and O–H groups in total. The summed E-state index contributed by atoms with van der Waals surface area (Å²) in [6, 6.07) is 17.8. The Balaban J connectivity index is 1.28. The number of amides is 3. The largest absolute Gasteiger partial charge is 0.573 e. The molecule has 1 aromatic heterocycles. The van der Waals surface area contributed by atoms with Crippen molar-refractivity contribution >= 4 is 34.6 Å². The molecule has 234 valence electrons. The first-order valence-corrected chi connectivity index (χ1v) is 15.2. The van der Waals surface area contributed by atoms with Gasteiger partial charge in [-0.25, -0.2) is 14.5 Å². The second kappa shape index (κ2) is 13.1. The average molecular weight is 637 g/mol. The predicted octanol–water partition coefficient (Wildman–Crippen LogP) is 7.56. The van der Waals surface area contributed by atoms with Gasteiger partial charge < -0.3 is 10.1 Å². The zero-order valence-corrected chi connectivity index (χ0v) is 25.8. The number of hydrogen-bond donors (Lipinski definition) is 1. The third-order valence-electron chi connectivity index (χ3n) is 7.12. The van der Waals surface area contributed by atoms with Crippen LogP contribution in [0, 0.1) is 6.92 Å². The average Bonchev–Trinajstić information content (AvgIpc) is 3.62. The number of thioether (sulfide) groups is 1. The van der Waals surface area contributed by atoms with Crippen LogP contribution in [-0.2, 0) is 4.79 Å². The molecule has 0 spiro atoms. The van der Waals surface area contributed by atoms with Crippen LogP contribution in [0.4, 0.5) is 23.7 Å². The number of hydrogen-bond acceptors (Lipinski definition) is 6. The van der Waals surface area contributed by atoms with Gasteiger partial charge in [-0.05, 0) is 66.3 Å². The fraction of sp³-hybridized carbons (Fsp3) is 0.281. The molecule has 4 aromatic rings. The lowest BCUT2D eigenvalue weighted by Crippen LogP contribution is -2.33. The molecule has 1 saturated heterocycles. The summed E-state index contributed by atoms with van der Waals surface area (Å²) in [6.07, 6.45) is -2.70. The quantitative estimate of drug-likeness (QED) is 0.214. The Bertz CT molecular complexity index is 1720. The maximum Gasteiger partial charge on any atom is 0.573 e. The van der Waals surface area contributed by atoms with Gasteiger partial charge in [0.05, 0.1) is 23.2 Å². The van der Waals surface area contributed by atoms with Crippen LogP contribution in [0.3, 0.4) is 0 Å². The van der Waals surface area contributed by atoms with Crippen molar-refractivity contribution in [2.24, 2.45) is 4.99 Å². The second-order valence-corrected chi connectivity index (χ2v) is 11.7. The first kappa shape index (κ1) is 31.8. The van der Waals surface area contributed by atoms with E-state index in [4.69, 9.17) is 0 Å². The lowest BCUT2D eigenvalue weighted by Gasteiger charge is -2.22. The standard InChI is InChI=1S/C32H31F3N6O3S/c1-5-26(37-30(43)38-31-41(28(42)17-45-31)27-16-20(4)6-15-25(27)19(2)3)21-7-9-22(10-8-21)29-36-18-40(39-29)23-11-13-24(14-12-23)44-32(33,34)35/h6-16,18-19,26H,5,17H2,1-4H3,(H,37,43). The Morgan fingerprint density at radius 2 is 1.80 bits per heavy atom. The van der Waals surface area contributed by atoms with E-state index in [1.165, 1.54) is 47.0 Å². The van der Waals surface area contributed by atoms with E-state index in [2.05, 4.69) is 39.0 Å². The van der Waals surface area contributed by atoms with Gasteiger partial charge in [-0.15, -0.1) is 18.3 Å². The number of ether oxygens (including phenoxy) is 1. The van der Waals surface area contributed by atoms with Crippen molar-refractivity contribution in [3.63, 3.8) is 0 Å². The highest BCUT2D eigenvalue weighted by atomic mass is 32.2. The number of urea groups is 1. The number of nitrogens with zero attached hydrogens (tertiary/aromatic N) is 5. The molecule has 1 atom stereocenters. The van der Waals surface area contributed by atoms with Crippen LogP contribution in [0.1, 0.15) is 55.8 Å². The Kier molecular flexibility index (Phi) is 9.28. The van der Waals surface area contributed by atoms with Gasteiger partial charge in [0.2, 0.25) is 5.91 Å². The topological polar surface area (TPSA) is 102 Å². The summed E-state index contributed by atoms with van der Waals surface area (Å²) >= 11 is 1.24. The molecule has 0 saturated carbocycles. The number of aryl methyl sites for hydroxylation is 1. The molecular formula is C32H31F3N6O3S. The maximum absolute atomic E-state index is 13.1. The number of rotatable bonds is 8. The molecule has 1 aliphatic heterocycles. The Morgan fingerprint density at radius 1 is 1.09 bits per heavy atom. The van der Waals surface area contributed by atoms with Gasteiger partial charge in [0.1, 0.15) is 12.1 Å². The highest BCUT2D eigenvalue weighted by molar-refractivity contribution is 8.15. The number of aliphatic imine (C=N–C) groups is 1. The number of anilines is 1. The highest BCUT2D eigenvalue weighted by Gasteiger charge is 2.33. The van der Waals surface area contributed by atoms with Gasteiger partial charge in [-0.2, -0.15) is 4.99 Å². The van der Waals surface area contributed by atoms with Gasteiger partial charge in [-0.1, -0.05) is 68.9 Å². The van der Waals surface area contributed by atoms with E-state index in [9.17, 15) is 22.8 Å².